The summed E-state index contributed by atoms with van der Waals surface area (Å²) in [4.78, 5) is 19.7. The number of aliphatic imine (C=N–C) groups is 1. The summed E-state index contributed by atoms with van der Waals surface area (Å²) in [6, 6.07) is 10.8. The number of ether oxygens (including phenoxy) is 3. The van der Waals surface area contributed by atoms with Gasteiger partial charge in [0.2, 0.25) is 0 Å². The van der Waals surface area contributed by atoms with Crippen molar-refractivity contribution in [1.29, 1.82) is 0 Å². The van der Waals surface area contributed by atoms with Crippen LogP contribution in [0.15, 0.2) is 46.3 Å². The lowest BCUT2D eigenvalue weighted by atomic mass is 10.1. The van der Waals surface area contributed by atoms with Crippen LogP contribution in [-0.2, 0) is 4.79 Å². The average molecular weight is 457 g/mol. The molecule has 0 unspecified atom stereocenters. The second-order valence-electron chi connectivity index (χ2n) is 6.28. The van der Waals surface area contributed by atoms with Crippen LogP contribution >= 0.6 is 23.4 Å². The van der Waals surface area contributed by atoms with Crippen LogP contribution in [0.5, 0.6) is 17.2 Å². The Balaban J connectivity index is 1.92. The van der Waals surface area contributed by atoms with Gasteiger partial charge in [-0.2, -0.15) is 0 Å². The van der Waals surface area contributed by atoms with E-state index in [2.05, 4.69) is 10.9 Å². The molecule has 160 valence electrons. The third-order valence-corrected chi connectivity index (χ3v) is 5.64. The summed E-state index contributed by atoms with van der Waals surface area (Å²) in [5.41, 5.74) is 1.43. The standard InChI is InChI=1S/C23H21ClN2O4S/c1-5-11-30-21-18(24)12-15(13-19(21)29-4)14-20-22(27)26(6-2)23(31-20)25-16-7-9-17(28-3)10-8-16/h1,7-10,12-14H,6,11H2,2-4H3/b20-14-,25-23?. The van der Waals surface area contributed by atoms with E-state index < -0.39 is 0 Å². The van der Waals surface area contributed by atoms with Crippen LogP contribution in [-0.4, -0.2) is 43.3 Å². The van der Waals surface area contributed by atoms with Crippen molar-refractivity contribution in [2.75, 3.05) is 27.4 Å². The van der Waals surface area contributed by atoms with Crippen molar-refractivity contribution in [3.63, 3.8) is 0 Å². The van der Waals surface area contributed by atoms with Crippen LogP contribution in [0.3, 0.4) is 0 Å². The average Bonchev–Trinajstić information content (AvgIpc) is 3.06. The van der Waals surface area contributed by atoms with Gasteiger partial charge in [-0.3, -0.25) is 9.69 Å². The molecular weight excluding hydrogens is 436 g/mol. The summed E-state index contributed by atoms with van der Waals surface area (Å²) >= 11 is 7.65. The molecule has 1 fully saturated rings. The largest absolute Gasteiger partial charge is 0.497 e. The van der Waals surface area contributed by atoms with Gasteiger partial charge >= 0.3 is 0 Å². The molecule has 1 aliphatic heterocycles. The number of carbonyl (C=O) groups is 1. The van der Waals surface area contributed by atoms with Crippen LogP contribution in [0.25, 0.3) is 6.08 Å². The molecule has 0 bridgehead atoms. The van der Waals surface area contributed by atoms with Gasteiger partial charge in [0.05, 0.1) is 29.8 Å². The highest BCUT2D eigenvalue weighted by Gasteiger charge is 2.32. The minimum absolute atomic E-state index is 0.0709. The van der Waals surface area contributed by atoms with Gasteiger partial charge < -0.3 is 14.2 Å². The third-order valence-electron chi connectivity index (χ3n) is 4.35. The predicted molar refractivity (Wildman–Crippen MR) is 125 cm³/mol. The van der Waals surface area contributed by atoms with E-state index in [-0.39, 0.29) is 12.5 Å². The first-order valence-electron chi connectivity index (χ1n) is 9.38. The summed E-state index contributed by atoms with van der Waals surface area (Å²) in [6.07, 6.45) is 7.01. The number of carbonyl (C=O) groups excluding carboxylic acids is 1. The Hall–Kier alpha value is -3.08. The predicted octanol–water partition coefficient (Wildman–Crippen LogP) is 4.99. The molecule has 6 nitrogen and oxygen atoms in total. The highest BCUT2D eigenvalue weighted by atomic mass is 35.5. The summed E-state index contributed by atoms with van der Waals surface area (Å²) in [6.45, 7) is 2.48. The van der Waals surface area contributed by atoms with Crippen molar-refractivity contribution in [1.82, 2.24) is 4.90 Å². The highest BCUT2D eigenvalue weighted by Crippen LogP contribution is 2.39. The van der Waals surface area contributed by atoms with Crippen molar-refractivity contribution in [3.8, 4) is 29.6 Å². The van der Waals surface area contributed by atoms with E-state index in [4.69, 9.17) is 32.2 Å². The lowest BCUT2D eigenvalue weighted by Gasteiger charge is -2.12. The Bertz CT molecular complexity index is 1070. The number of hydrogen-bond acceptors (Lipinski definition) is 6. The first-order chi connectivity index (χ1) is 15.0. The SMILES string of the molecule is C#CCOc1c(Cl)cc(/C=C2\SC(=Nc3ccc(OC)cc3)N(CC)C2=O)cc1OC. The Morgan fingerprint density at radius 1 is 1.23 bits per heavy atom. The minimum atomic E-state index is -0.123. The maximum atomic E-state index is 12.9. The molecule has 1 amide bonds. The second kappa shape index (κ2) is 10.3. The van der Waals surface area contributed by atoms with E-state index in [1.54, 1.807) is 30.2 Å². The summed E-state index contributed by atoms with van der Waals surface area (Å²) in [5.74, 6) is 3.82. The number of methoxy groups -OCH3 is 2. The van der Waals surface area contributed by atoms with Crippen molar-refractivity contribution in [2.45, 2.75) is 6.92 Å². The number of amidine groups is 1. The van der Waals surface area contributed by atoms with E-state index in [9.17, 15) is 4.79 Å². The normalized spacial score (nSPS) is 16.0. The number of amides is 1. The number of halogens is 1. The first kappa shape index (κ1) is 22.6. The van der Waals surface area contributed by atoms with Crippen molar-refractivity contribution < 1.29 is 19.0 Å². The van der Waals surface area contributed by atoms with Gasteiger partial charge in [-0.05, 0) is 66.7 Å². The van der Waals surface area contributed by atoms with Crippen LogP contribution in [0.1, 0.15) is 12.5 Å². The van der Waals surface area contributed by atoms with E-state index in [1.807, 2.05) is 31.2 Å². The molecule has 0 atom stereocenters. The van der Waals surface area contributed by atoms with Crippen molar-refractivity contribution in [2.24, 2.45) is 4.99 Å². The smallest absolute Gasteiger partial charge is 0.266 e. The van der Waals surface area contributed by atoms with Crippen LogP contribution in [0.4, 0.5) is 5.69 Å². The van der Waals surface area contributed by atoms with E-state index in [0.29, 0.717) is 38.7 Å². The highest BCUT2D eigenvalue weighted by molar-refractivity contribution is 8.18. The monoisotopic (exact) mass is 456 g/mol. The molecule has 1 saturated heterocycles. The maximum absolute atomic E-state index is 12.9. The number of likely N-dealkylation sites (N-methyl/N-ethyl adjacent to an activating group) is 1. The molecule has 1 aliphatic rings. The molecule has 0 radical (unpaired) electrons. The van der Waals surface area contributed by atoms with E-state index in [0.717, 1.165) is 11.4 Å². The molecule has 2 aromatic rings. The fourth-order valence-corrected chi connectivity index (χ4v) is 4.20. The molecule has 31 heavy (non-hydrogen) atoms. The van der Waals surface area contributed by atoms with Crippen LogP contribution in [0, 0.1) is 12.3 Å². The quantitative estimate of drug-likeness (QED) is 0.433. The number of thioether (sulfide) groups is 1. The van der Waals surface area contributed by atoms with E-state index in [1.165, 1.54) is 18.9 Å². The Kier molecular flexibility index (Phi) is 7.50. The zero-order valence-corrected chi connectivity index (χ0v) is 18.9. The zero-order chi connectivity index (χ0) is 22.4. The number of terminal acetylenes is 1. The van der Waals surface area contributed by atoms with Gasteiger partial charge in [-0.15, -0.1) is 6.42 Å². The Morgan fingerprint density at radius 2 is 1.97 bits per heavy atom. The van der Waals surface area contributed by atoms with E-state index >= 15 is 0 Å². The Morgan fingerprint density at radius 3 is 2.58 bits per heavy atom. The summed E-state index contributed by atoms with van der Waals surface area (Å²) < 4.78 is 16.0. The number of benzene rings is 2. The molecule has 0 aliphatic carbocycles. The molecule has 0 aromatic heterocycles. The molecule has 3 rings (SSSR count). The molecular formula is C23H21ClN2O4S. The fraction of sp³-hybridized carbons (Fsp3) is 0.217. The number of nitrogens with zero attached hydrogens (tertiary/aromatic N) is 2. The van der Waals surface area contributed by atoms with Crippen LogP contribution in [0.2, 0.25) is 5.02 Å². The molecule has 0 saturated carbocycles. The van der Waals surface area contributed by atoms with Gasteiger partial charge in [0.25, 0.3) is 5.91 Å². The maximum Gasteiger partial charge on any atom is 0.266 e. The van der Waals surface area contributed by atoms with Crippen molar-refractivity contribution in [3.05, 3.63) is 51.9 Å². The molecule has 8 heteroatoms. The zero-order valence-electron chi connectivity index (χ0n) is 17.3. The van der Waals surface area contributed by atoms with Gasteiger partial charge in [0.15, 0.2) is 16.7 Å². The Labute approximate surface area is 190 Å². The van der Waals surface area contributed by atoms with Gasteiger partial charge in [-0.25, -0.2) is 4.99 Å². The lowest BCUT2D eigenvalue weighted by Crippen LogP contribution is -2.28. The second-order valence-corrected chi connectivity index (χ2v) is 7.70. The molecule has 1 heterocycles. The summed E-state index contributed by atoms with van der Waals surface area (Å²) in [7, 11) is 3.12. The first-order valence-corrected chi connectivity index (χ1v) is 10.6. The number of rotatable bonds is 7. The van der Waals surface area contributed by atoms with Gasteiger partial charge in [0, 0.05) is 6.54 Å². The topological polar surface area (TPSA) is 60.4 Å². The molecule has 0 N–H and O–H groups in total. The minimum Gasteiger partial charge on any atom is -0.497 e. The van der Waals surface area contributed by atoms with Gasteiger partial charge in [0.1, 0.15) is 12.4 Å². The number of hydrogen-bond donors (Lipinski definition) is 0. The van der Waals surface area contributed by atoms with Gasteiger partial charge in [-0.1, -0.05) is 17.5 Å². The molecule has 0 spiro atoms. The van der Waals surface area contributed by atoms with Crippen molar-refractivity contribution >= 4 is 46.2 Å². The van der Waals surface area contributed by atoms with Crippen LogP contribution < -0.4 is 14.2 Å². The molecule has 2 aromatic carbocycles. The summed E-state index contributed by atoms with van der Waals surface area (Å²) in [5, 5.41) is 0.951. The fourth-order valence-electron chi connectivity index (χ4n) is 2.87. The lowest BCUT2D eigenvalue weighted by molar-refractivity contribution is -0.122. The third kappa shape index (κ3) is 5.16.